The molecule has 1 aliphatic carbocycles. The number of hydrogen-bond donors (Lipinski definition) is 0. The van der Waals surface area contributed by atoms with Crippen LogP contribution in [0.2, 0.25) is 0 Å². The molecule has 0 aromatic heterocycles. The molecule has 1 rings (SSSR count). The zero-order chi connectivity index (χ0) is 9.90. The van der Waals surface area contributed by atoms with Crippen LogP contribution in [0.25, 0.3) is 0 Å². The lowest BCUT2D eigenvalue weighted by Crippen LogP contribution is -2.14. The molecule has 0 fully saturated rings. The first kappa shape index (κ1) is 10.2. The molecule has 5 heteroatoms. The quantitative estimate of drug-likeness (QED) is 0.629. The largest absolute Gasteiger partial charge is 0.349 e. The van der Waals surface area contributed by atoms with Gasteiger partial charge in [0.05, 0.1) is 6.26 Å². The van der Waals surface area contributed by atoms with E-state index in [0.717, 1.165) is 25.5 Å². The zero-order valence-corrected chi connectivity index (χ0v) is 8.26. The van der Waals surface area contributed by atoms with E-state index in [-0.39, 0.29) is 0 Å². The van der Waals surface area contributed by atoms with Crippen LogP contribution in [-0.2, 0) is 19.1 Å². The molecule has 1 aliphatic rings. The topological polar surface area (TPSA) is 60.4 Å². The lowest BCUT2D eigenvalue weighted by molar-refractivity contribution is -0.129. The van der Waals surface area contributed by atoms with Crippen LogP contribution in [0.1, 0.15) is 25.7 Å². The van der Waals surface area contributed by atoms with Crippen LogP contribution >= 0.6 is 0 Å². The van der Waals surface area contributed by atoms with Crippen molar-refractivity contribution in [3.05, 3.63) is 11.6 Å². The zero-order valence-electron chi connectivity index (χ0n) is 7.45. The molecular formula is C8H12O4S. The molecule has 0 heterocycles. The molecule has 0 bridgehead atoms. The SMILES string of the molecule is CS(=O)(=O)OC(=O)C1=CCCCC1. The minimum atomic E-state index is -3.66. The Kier molecular flexibility index (Phi) is 3.08. The van der Waals surface area contributed by atoms with E-state index in [1.54, 1.807) is 6.08 Å². The molecule has 74 valence electrons. The van der Waals surface area contributed by atoms with E-state index in [4.69, 9.17) is 0 Å². The van der Waals surface area contributed by atoms with E-state index in [1.807, 2.05) is 0 Å². The van der Waals surface area contributed by atoms with Crippen LogP contribution in [0.15, 0.2) is 11.6 Å². The summed E-state index contributed by atoms with van der Waals surface area (Å²) in [5, 5.41) is 0. The van der Waals surface area contributed by atoms with Crippen LogP contribution in [0, 0.1) is 0 Å². The lowest BCUT2D eigenvalue weighted by atomic mass is 10.0. The number of hydrogen-bond acceptors (Lipinski definition) is 4. The molecule has 0 radical (unpaired) electrons. The molecule has 0 atom stereocenters. The normalized spacial score (nSPS) is 17.8. The van der Waals surface area contributed by atoms with Gasteiger partial charge in [0.25, 0.3) is 0 Å². The number of rotatable bonds is 2. The fourth-order valence-electron chi connectivity index (χ4n) is 1.21. The van der Waals surface area contributed by atoms with Crippen molar-refractivity contribution in [2.75, 3.05) is 6.26 Å². The monoisotopic (exact) mass is 204 g/mol. The molecule has 0 amide bonds. The van der Waals surface area contributed by atoms with Crippen molar-refractivity contribution in [3.8, 4) is 0 Å². The molecule has 0 saturated heterocycles. The second-order valence-corrected chi connectivity index (χ2v) is 4.62. The average Bonchev–Trinajstić information content (AvgIpc) is 2.03. The van der Waals surface area contributed by atoms with E-state index in [2.05, 4.69) is 4.18 Å². The summed E-state index contributed by atoms with van der Waals surface area (Å²) in [7, 11) is -3.66. The van der Waals surface area contributed by atoms with Gasteiger partial charge in [0.2, 0.25) is 0 Å². The van der Waals surface area contributed by atoms with Gasteiger partial charge in [-0.15, -0.1) is 0 Å². The fraction of sp³-hybridized carbons (Fsp3) is 0.625. The standard InChI is InChI=1S/C8H12O4S/c1-13(10,11)12-8(9)7-5-3-2-4-6-7/h5H,2-4,6H2,1H3. The molecule has 0 unspecified atom stereocenters. The first-order valence-electron chi connectivity index (χ1n) is 4.12. The van der Waals surface area contributed by atoms with Crippen LogP contribution in [0.3, 0.4) is 0 Å². The Morgan fingerprint density at radius 1 is 1.46 bits per heavy atom. The number of carbonyl (C=O) groups excluding carboxylic acids is 1. The highest BCUT2D eigenvalue weighted by Crippen LogP contribution is 2.18. The van der Waals surface area contributed by atoms with E-state index in [1.165, 1.54) is 0 Å². The van der Waals surface area contributed by atoms with Gasteiger partial charge in [-0.05, 0) is 25.7 Å². The molecule has 13 heavy (non-hydrogen) atoms. The summed E-state index contributed by atoms with van der Waals surface area (Å²) in [6, 6.07) is 0. The summed E-state index contributed by atoms with van der Waals surface area (Å²) >= 11 is 0. The molecule has 0 spiro atoms. The molecule has 4 nitrogen and oxygen atoms in total. The summed E-state index contributed by atoms with van der Waals surface area (Å²) in [6.45, 7) is 0. The first-order valence-corrected chi connectivity index (χ1v) is 5.93. The summed E-state index contributed by atoms with van der Waals surface area (Å²) < 4.78 is 25.5. The highest BCUT2D eigenvalue weighted by molar-refractivity contribution is 7.86. The fourth-order valence-corrected chi connectivity index (χ4v) is 1.60. The third-order valence-corrected chi connectivity index (χ3v) is 2.23. The van der Waals surface area contributed by atoms with Crippen LogP contribution < -0.4 is 0 Å². The van der Waals surface area contributed by atoms with Crippen molar-refractivity contribution in [2.24, 2.45) is 0 Å². The summed E-state index contributed by atoms with van der Waals surface area (Å²) in [6.07, 6.45) is 6.04. The van der Waals surface area contributed by atoms with Crippen LogP contribution in [0.5, 0.6) is 0 Å². The lowest BCUT2D eigenvalue weighted by Gasteiger charge is -2.10. The van der Waals surface area contributed by atoms with E-state index < -0.39 is 16.1 Å². The Morgan fingerprint density at radius 2 is 2.15 bits per heavy atom. The van der Waals surface area contributed by atoms with Gasteiger partial charge in [0.15, 0.2) is 0 Å². The molecule has 0 saturated carbocycles. The van der Waals surface area contributed by atoms with Crippen LogP contribution in [0.4, 0.5) is 0 Å². The minimum absolute atomic E-state index is 0.483. The van der Waals surface area contributed by atoms with Crippen molar-refractivity contribution in [3.63, 3.8) is 0 Å². The predicted octanol–water partition coefficient (Wildman–Crippen LogP) is 0.990. The summed E-state index contributed by atoms with van der Waals surface area (Å²) in [5.41, 5.74) is 0.483. The van der Waals surface area contributed by atoms with Crippen molar-refractivity contribution in [1.82, 2.24) is 0 Å². The van der Waals surface area contributed by atoms with E-state index >= 15 is 0 Å². The van der Waals surface area contributed by atoms with E-state index in [9.17, 15) is 13.2 Å². The van der Waals surface area contributed by atoms with Gasteiger partial charge in [0.1, 0.15) is 0 Å². The van der Waals surface area contributed by atoms with Crippen molar-refractivity contribution < 1.29 is 17.4 Å². The second-order valence-electron chi connectivity index (χ2n) is 3.05. The minimum Gasteiger partial charge on any atom is -0.342 e. The van der Waals surface area contributed by atoms with Gasteiger partial charge < -0.3 is 4.18 Å². The number of carbonyl (C=O) groups is 1. The third kappa shape index (κ3) is 3.59. The predicted molar refractivity (Wildman–Crippen MR) is 47.5 cm³/mol. The van der Waals surface area contributed by atoms with Crippen molar-refractivity contribution in [2.45, 2.75) is 25.7 Å². The first-order chi connectivity index (χ1) is 5.99. The molecule has 0 aliphatic heterocycles. The van der Waals surface area contributed by atoms with Crippen molar-refractivity contribution in [1.29, 1.82) is 0 Å². The van der Waals surface area contributed by atoms with Gasteiger partial charge in [-0.25, -0.2) is 4.79 Å². The highest BCUT2D eigenvalue weighted by Gasteiger charge is 2.17. The smallest absolute Gasteiger partial charge is 0.342 e. The third-order valence-electron chi connectivity index (χ3n) is 1.78. The maximum absolute atomic E-state index is 11.1. The van der Waals surface area contributed by atoms with Gasteiger partial charge in [-0.3, -0.25) is 0 Å². The van der Waals surface area contributed by atoms with Gasteiger partial charge in [0, 0.05) is 5.57 Å². The highest BCUT2D eigenvalue weighted by atomic mass is 32.2. The summed E-state index contributed by atoms with van der Waals surface area (Å²) in [4.78, 5) is 11.1. The Balaban J connectivity index is 2.62. The maximum Gasteiger partial charge on any atom is 0.349 e. The molecular weight excluding hydrogens is 192 g/mol. The Bertz CT molecular complexity index is 326. The van der Waals surface area contributed by atoms with Gasteiger partial charge in [-0.1, -0.05) is 6.08 Å². The maximum atomic E-state index is 11.1. The molecule has 0 aromatic carbocycles. The van der Waals surface area contributed by atoms with Gasteiger partial charge in [-0.2, -0.15) is 8.42 Å². The van der Waals surface area contributed by atoms with Crippen molar-refractivity contribution >= 4 is 16.1 Å². The molecule has 0 N–H and O–H groups in total. The Labute approximate surface area is 77.7 Å². The summed E-state index contributed by atoms with van der Waals surface area (Å²) in [5.74, 6) is -0.720. The van der Waals surface area contributed by atoms with Crippen LogP contribution in [-0.4, -0.2) is 20.6 Å². The Hall–Kier alpha value is -0.840. The number of allylic oxidation sites excluding steroid dienone is 1. The van der Waals surface area contributed by atoms with Gasteiger partial charge >= 0.3 is 16.1 Å². The molecule has 0 aromatic rings. The van der Waals surface area contributed by atoms with E-state index in [0.29, 0.717) is 12.0 Å². The average molecular weight is 204 g/mol. The second kappa shape index (κ2) is 3.91. The Morgan fingerprint density at radius 3 is 2.62 bits per heavy atom.